The number of amides is 1. The molecule has 1 aliphatic rings. The van der Waals surface area contributed by atoms with Gasteiger partial charge in [0.05, 0.1) is 20.5 Å². The topological polar surface area (TPSA) is 83.7 Å². The number of thiocarbonyl (C=S) groups is 1. The van der Waals surface area contributed by atoms with Gasteiger partial charge in [-0.2, -0.15) is 0 Å². The Morgan fingerprint density at radius 3 is 2.69 bits per heavy atom. The molecule has 0 unspecified atom stereocenters. The van der Waals surface area contributed by atoms with Crippen molar-refractivity contribution in [1.82, 2.24) is 0 Å². The molecule has 0 radical (unpaired) electrons. The second-order valence-electron chi connectivity index (χ2n) is 5.12. The third kappa shape index (κ3) is 3.41. The number of thioether (sulfide) groups is 1. The Hall–Kier alpha value is -2.49. The van der Waals surface area contributed by atoms with Gasteiger partial charge in [0.25, 0.3) is 5.91 Å². The molecule has 1 amide bonds. The molecule has 0 spiro atoms. The normalized spacial score (nSPS) is 15.8. The maximum atomic E-state index is 13.3. The SMILES string of the molecule is O=C1/C(=C\c2ccc(O)c([N+](=O)[O-])c2)SC(=S)N1c1ccc(F)c(Cl)c1. The van der Waals surface area contributed by atoms with Crippen molar-refractivity contribution < 1.29 is 19.2 Å². The summed E-state index contributed by atoms with van der Waals surface area (Å²) in [7, 11) is 0. The summed E-state index contributed by atoms with van der Waals surface area (Å²) in [4.78, 5) is 24.2. The summed E-state index contributed by atoms with van der Waals surface area (Å²) in [6.07, 6.45) is 1.43. The standard InChI is InChI=1S/C16H8ClFN2O4S2/c17-10-7-9(2-3-11(10)18)19-15(22)14(26-16(19)25)6-8-1-4-13(21)12(5-8)20(23)24/h1-7,21H/b14-6+. The molecule has 3 rings (SSSR count). The third-order valence-corrected chi connectivity index (χ3v) is 5.04. The van der Waals surface area contributed by atoms with E-state index in [4.69, 9.17) is 23.8 Å². The van der Waals surface area contributed by atoms with Crippen LogP contribution < -0.4 is 4.90 Å². The van der Waals surface area contributed by atoms with Crippen molar-refractivity contribution in [2.45, 2.75) is 0 Å². The van der Waals surface area contributed by atoms with Gasteiger partial charge in [0.1, 0.15) is 5.82 Å². The number of aromatic hydroxyl groups is 1. The minimum Gasteiger partial charge on any atom is -0.502 e. The number of hydrogen-bond acceptors (Lipinski definition) is 6. The maximum absolute atomic E-state index is 13.3. The predicted octanol–water partition coefficient (Wildman–Crippen LogP) is 4.50. The molecule has 0 saturated carbocycles. The van der Waals surface area contributed by atoms with Crippen molar-refractivity contribution in [2.75, 3.05) is 4.90 Å². The quantitative estimate of drug-likeness (QED) is 0.347. The Labute approximate surface area is 161 Å². The van der Waals surface area contributed by atoms with Crippen molar-refractivity contribution in [3.05, 3.63) is 67.8 Å². The van der Waals surface area contributed by atoms with E-state index in [1.807, 2.05) is 0 Å². The number of benzene rings is 2. The van der Waals surface area contributed by atoms with Crippen LogP contribution in [-0.4, -0.2) is 20.3 Å². The van der Waals surface area contributed by atoms with E-state index in [0.717, 1.165) is 23.9 Å². The highest BCUT2D eigenvalue weighted by Gasteiger charge is 2.33. The number of phenolic OH excluding ortho intramolecular Hbond substituents is 1. The highest BCUT2D eigenvalue weighted by atomic mass is 35.5. The van der Waals surface area contributed by atoms with E-state index in [-0.39, 0.29) is 14.2 Å². The van der Waals surface area contributed by atoms with Gasteiger partial charge in [0.15, 0.2) is 10.1 Å². The lowest BCUT2D eigenvalue weighted by atomic mass is 10.1. The number of hydrogen-bond donors (Lipinski definition) is 1. The van der Waals surface area contributed by atoms with Crippen molar-refractivity contribution in [1.29, 1.82) is 0 Å². The average Bonchev–Trinajstić information content (AvgIpc) is 2.85. The molecule has 1 fully saturated rings. The number of nitro groups is 1. The fourth-order valence-corrected chi connectivity index (χ4v) is 3.72. The van der Waals surface area contributed by atoms with E-state index in [1.165, 1.54) is 35.2 Å². The van der Waals surface area contributed by atoms with Crippen LogP contribution in [-0.2, 0) is 4.79 Å². The zero-order valence-corrected chi connectivity index (χ0v) is 15.1. The summed E-state index contributed by atoms with van der Waals surface area (Å²) >= 11 is 11.9. The van der Waals surface area contributed by atoms with E-state index in [2.05, 4.69) is 0 Å². The second kappa shape index (κ2) is 7.02. The number of carbonyl (C=O) groups is 1. The van der Waals surface area contributed by atoms with Crippen molar-refractivity contribution in [3.63, 3.8) is 0 Å². The molecule has 6 nitrogen and oxygen atoms in total. The first-order valence-electron chi connectivity index (χ1n) is 6.98. The number of carbonyl (C=O) groups excluding carboxylic acids is 1. The summed E-state index contributed by atoms with van der Waals surface area (Å²) < 4.78 is 13.5. The average molecular weight is 411 g/mol. The second-order valence-corrected chi connectivity index (χ2v) is 7.20. The van der Waals surface area contributed by atoms with E-state index in [1.54, 1.807) is 0 Å². The first-order valence-corrected chi connectivity index (χ1v) is 8.58. The van der Waals surface area contributed by atoms with Gasteiger partial charge in [-0.15, -0.1) is 0 Å². The van der Waals surface area contributed by atoms with E-state index in [9.17, 15) is 24.4 Å². The number of nitrogens with zero attached hydrogens (tertiary/aromatic N) is 2. The van der Waals surface area contributed by atoms with Gasteiger partial charge in [-0.25, -0.2) is 4.39 Å². The van der Waals surface area contributed by atoms with Crippen LogP contribution in [0.3, 0.4) is 0 Å². The smallest absolute Gasteiger partial charge is 0.311 e. The molecule has 132 valence electrons. The van der Waals surface area contributed by atoms with E-state index < -0.39 is 28.1 Å². The predicted molar refractivity (Wildman–Crippen MR) is 102 cm³/mol. The summed E-state index contributed by atoms with van der Waals surface area (Å²) in [5.41, 5.74) is 0.200. The fraction of sp³-hybridized carbons (Fsp3) is 0. The molecular weight excluding hydrogens is 403 g/mol. The molecule has 10 heteroatoms. The lowest BCUT2D eigenvalue weighted by molar-refractivity contribution is -0.385. The molecule has 1 N–H and O–H groups in total. The maximum Gasteiger partial charge on any atom is 0.311 e. The Morgan fingerprint density at radius 1 is 1.31 bits per heavy atom. The molecule has 0 atom stereocenters. The van der Waals surface area contributed by atoms with Gasteiger partial charge in [0, 0.05) is 6.07 Å². The van der Waals surface area contributed by atoms with Crippen LogP contribution in [0.25, 0.3) is 6.08 Å². The molecule has 1 heterocycles. The van der Waals surface area contributed by atoms with E-state index >= 15 is 0 Å². The minimum atomic E-state index is -0.724. The van der Waals surface area contributed by atoms with Crippen LogP contribution >= 0.6 is 35.6 Å². The summed E-state index contributed by atoms with van der Waals surface area (Å²) in [5, 5.41) is 20.3. The van der Waals surface area contributed by atoms with E-state index in [0.29, 0.717) is 11.3 Å². The van der Waals surface area contributed by atoms with Gasteiger partial charge in [0.2, 0.25) is 0 Å². The highest BCUT2D eigenvalue weighted by molar-refractivity contribution is 8.27. The Kier molecular flexibility index (Phi) is 4.94. The molecule has 1 saturated heterocycles. The van der Waals surface area contributed by atoms with Gasteiger partial charge in [-0.3, -0.25) is 19.8 Å². The lowest BCUT2D eigenvalue weighted by Gasteiger charge is -2.14. The lowest BCUT2D eigenvalue weighted by Crippen LogP contribution is -2.27. The monoisotopic (exact) mass is 410 g/mol. The number of rotatable bonds is 3. The molecule has 0 bridgehead atoms. The van der Waals surface area contributed by atoms with Gasteiger partial charge < -0.3 is 5.11 Å². The largest absolute Gasteiger partial charge is 0.502 e. The van der Waals surface area contributed by atoms with Crippen LogP contribution in [0.15, 0.2) is 41.3 Å². The molecule has 0 aliphatic carbocycles. The molecule has 2 aromatic rings. The Morgan fingerprint density at radius 2 is 2.04 bits per heavy atom. The third-order valence-electron chi connectivity index (χ3n) is 3.45. The molecule has 2 aromatic carbocycles. The fourth-order valence-electron chi connectivity index (χ4n) is 2.24. The summed E-state index contributed by atoms with van der Waals surface area (Å²) in [5.74, 6) is -1.55. The summed E-state index contributed by atoms with van der Waals surface area (Å²) in [6.45, 7) is 0. The molecule has 1 aliphatic heterocycles. The highest BCUT2D eigenvalue weighted by Crippen LogP contribution is 2.37. The van der Waals surface area contributed by atoms with Crippen molar-refractivity contribution in [2.24, 2.45) is 0 Å². The summed E-state index contributed by atoms with van der Waals surface area (Å²) in [6, 6.07) is 7.55. The number of anilines is 1. The Balaban J connectivity index is 1.96. The van der Waals surface area contributed by atoms with Gasteiger partial charge in [-0.1, -0.05) is 41.6 Å². The van der Waals surface area contributed by atoms with Crippen molar-refractivity contribution in [3.8, 4) is 5.75 Å². The molecule has 0 aromatic heterocycles. The molecular formula is C16H8ClFN2O4S2. The zero-order chi connectivity index (χ0) is 19.0. The van der Waals surface area contributed by atoms with Crippen LogP contribution in [0.4, 0.5) is 15.8 Å². The number of nitro benzene ring substituents is 1. The Bertz CT molecular complexity index is 996. The van der Waals surface area contributed by atoms with Gasteiger partial charge in [-0.05, 0) is 35.9 Å². The zero-order valence-electron chi connectivity index (χ0n) is 12.7. The number of halogens is 2. The minimum absolute atomic E-state index is 0.144. The van der Waals surface area contributed by atoms with Crippen LogP contribution in [0.1, 0.15) is 5.56 Å². The number of phenols is 1. The first-order chi connectivity index (χ1) is 12.3. The van der Waals surface area contributed by atoms with Crippen LogP contribution in [0.2, 0.25) is 5.02 Å². The van der Waals surface area contributed by atoms with Crippen LogP contribution in [0, 0.1) is 15.9 Å². The molecule has 26 heavy (non-hydrogen) atoms. The van der Waals surface area contributed by atoms with Crippen molar-refractivity contribution >= 4 is 63.3 Å². The van der Waals surface area contributed by atoms with Crippen LogP contribution in [0.5, 0.6) is 5.75 Å². The first kappa shape index (κ1) is 18.3. The van der Waals surface area contributed by atoms with Gasteiger partial charge >= 0.3 is 5.69 Å².